The molecule has 5 nitrogen and oxygen atoms in total. The standard InChI is InChI=1S/C18H21N3O2/c19-9-8-12-2-1-3-13-10-15(5-6-16(12)13)23-17-7-4-14(11-21-17)18(20)22/h4-7,10-12H,1-3,8-9,19H2,(H2,20,22). The highest BCUT2D eigenvalue weighted by molar-refractivity contribution is 5.92. The van der Waals surface area contributed by atoms with Gasteiger partial charge in [0.1, 0.15) is 5.75 Å². The third kappa shape index (κ3) is 3.51. The molecule has 1 heterocycles. The Labute approximate surface area is 135 Å². The van der Waals surface area contributed by atoms with Gasteiger partial charge in [-0.2, -0.15) is 0 Å². The van der Waals surface area contributed by atoms with E-state index >= 15 is 0 Å². The van der Waals surface area contributed by atoms with Crippen LogP contribution in [-0.4, -0.2) is 17.4 Å². The Morgan fingerprint density at radius 2 is 2.17 bits per heavy atom. The van der Waals surface area contributed by atoms with Crippen molar-refractivity contribution in [2.45, 2.75) is 31.6 Å². The quantitative estimate of drug-likeness (QED) is 0.888. The van der Waals surface area contributed by atoms with Gasteiger partial charge in [-0.25, -0.2) is 4.98 Å². The van der Waals surface area contributed by atoms with Crippen molar-refractivity contribution in [3.63, 3.8) is 0 Å². The minimum atomic E-state index is -0.497. The fraction of sp³-hybridized carbons (Fsp3) is 0.333. The monoisotopic (exact) mass is 311 g/mol. The van der Waals surface area contributed by atoms with Gasteiger partial charge in [-0.1, -0.05) is 6.07 Å². The summed E-state index contributed by atoms with van der Waals surface area (Å²) >= 11 is 0. The number of amides is 1. The van der Waals surface area contributed by atoms with Gasteiger partial charge in [0.25, 0.3) is 0 Å². The molecule has 1 aliphatic carbocycles. The van der Waals surface area contributed by atoms with Gasteiger partial charge in [-0.05, 0) is 67.5 Å². The van der Waals surface area contributed by atoms with Crippen LogP contribution in [0.25, 0.3) is 0 Å². The van der Waals surface area contributed by atoms with Crippen LogP contribution in [0.5, 0.6) is 11.6 Å². The molecule has 0 fully saturated rings. The van der Waals surface area contributed by atoms with Crippen molar-refractivity contribution in [2.24, 2.45) is 11.5 Å². The lowest BCUT2D eigenvalue weighted by Gasteiger charge is -2.25. The topological polar surface area (TPSA) is 91.2 Å². The zero-order chi connectivity index (χ0) is 16.2. The van der Waals surface area contributed by atoms with E-state index in [0.29, 0.717) is 17.4 Å². The first-order chi connectivity index (χ1) is 11.2. The highest BCUT2D eigenvalue weighted by Crippen LogP contribution is 2.36. The van der Waals surface area contributed by atoms with E-state index in [1.54, 1.807) is 12.1 Å². The third-order valence-corrected chi connectivity index (χ3v) is 4.31. The number of rotatable bonds is 5. The molecule has 0 saturated heterocycles. The van der Waals surface area contributed by atoms with Gasteiger partial charge < -0.3 is 16.2 Å². The van der Waals surface area contributed by atoms with Gasteiger partial charge in [0.05, 0.1) is 5.56 Å². The zero-order valence-corrected chi connectivity index (χ0v) is 13.0. The number of hydrogen-bond donors (Lipinski definition) is 2. The first-order valence-electron chi connectivity index (χ1n) is 7.94. The number of ether oxygens (including phenoxy) is 1. The van der Waals surface area contributed by atoms with Gasteiger partial charge in [0, 0.05) is 12.3 Å². The molecule has 23 heavy (non-hydrogen) atoms. The number of aromatic nitrogens is 1. The Hall–Kier alpha value is -2.40. The first-order valence-corrected chi connectivity index (χ1v) is 7.94. The third-order valence-electron chi connectivity index (χ3n) is 4.31. The number of hydrogen-bond acceptors (Lipinski definition) is 4. The Bertz CT molecular complexity index is 698. The van der Waals surface area contributed by atoms with Gasteiger partial charge >= 0.3 is 0 Å². The molecule has 5 heteroatoms. The lowest BCUT2D eigenvalue weighted by molar-refractivity contribution is 0.1000. The van der Waals surface area contributed by atoms with E-state index in [9.17, 15) is 4.79 Å². The molecule has 1 unspecified atom stereocenters. The maximum Gasteiger partial charge on any atom is 0.250 e. The van der Waals surface area contributed by atoms with Crippen molar-refractivity contribution in [3.8, 4) is 11.6 Å². The van der Waals surface area contributed by atoms with Crippen molar-refractivity contribution in [1.29, 1.82) is 0 Å². The molecule has 0 radical (unpaired) electrons. The molecule has 4 N–H and O–H groups in total. The van der Waals surface area contributed by atoms with Crippen LogP contribution in [0.3, 0.4) is 0 Å². The van der Waals surface area contributed by atoms with E-state index in [4.69, 9.17) is 16.2 Å². The second-order valence-corrected chi connectivity index (χ2v) is 5.88. The molecular formula is C18H21N3O2. The maximum absolute atomic E-state index is 11.0. The van der Waals surface area contributed by atoms with E-state index in [-0.39, 0.29) is 0 Å². The van der Waals surface area contributed by atoms with E-state index in [1.807, 2.05) is 6.07 Å². The maximum atomic E-state index is 11.0. The van der Waals surface area contributed by atoms with Crippen molar-refractivity contribution < 1.29 is 9.53 Å². The van der Waals surface area contributed by atoms with Crippen LogP contribution >= 0.6 is 0 Å². The molecular weight excluding hydrogens is 290 g/mol. The molecule has 2 aromatic rings. The first kappa shape index (κ1) is 15.5. The summed E-state index contributed by atoms with van der Waals surface area (Å²) in [5, 5.41) is 0. The molecule has 1 aliphatic rings. The Balaban J connectivity index is 1.78. The fourth-order valence-corrected chi connectivity index (χ4v) is 3.16. The van der Waals surface area contributed by atoms with Crippen LogP contribution < -0.4 is 16.2 Å². The molecule has 0 bridgehead atoms. The average molecular weight is 311 g/mol. The lowest BCUT2D eigenvalue weighted by atomic mass is 9.81. The van der Waals surface area contributed by atoms with Gasteiger partial charge in [-0.15, -0.1) is 0 Å². The number of nitrogens with two attached hydrogens (primary N) is 2. The van der Waals surface area contributed by atoms with E-state index in [1.165, 1.54) is 30.2 Å². The number of benzene rings is 1. The number of fused-ring (bicyclic) bond motifs is 1. The summed E-state index contributed by atoms with van der Waals surface area (Å²) < 4.78 is 5.79. The second-order valence-electron chi connectivity index (χ2n) is 5.88. The van der Waals surface area contributed by atoms with Crippen LogP contribution in [0.15, 0.2) is 36.5 Å². The average Bonchev–Trinajstić information content (AvgIpc) is 2.56. The predicted molar refractivity (Wildman–Crippen MR) is 88.6 cm³/mol. The largest absolute Gasteiger partial charge is 0.439 e. The summed E-state index contributed by atoms with van der Waals surface area (Å²) in [6.45, 7) is 0.721. The number of carbonyl (C=O) groups is 1. The van der Waals surface area contributed by atoms with Crippen LogP contribution in [0, 0.1) is 0 Å². The smallest absolute Gasteiger partial charge is 0.250 e. The molecule has 1 aromatic heterocycles. The Kier molecular flexibility index (Phi) is 4.57. The van der Waals surface area contributed by atoms with E-state index in [0.717, 1.165) is 25.1 Å². The van der Waals surface area contributed by atoms with Gasteiger partial charge in [0.15, 0.2) is 0 Å². The molecule has 1 atom stereocenters. The fourth-order valence-electron chi connectivity index (χ4n) is 3.16. The van der Waals surface area contributed by atoms with Gasteiger partial charge in [-0.3, -0.25) is 4.79 Å². The molecule has 1 aromatic carbocycles. The number of primary amides is 1. The molecule has 120 valence electrons. The minimum Gasteiger partial charge on any atom is -0.439 e. The summed E-state index contributed by atoms with van der Waals surface area (Å²) in [4.78, 5) is 15.2. The Morgan fingerprint density at radius 3 is 2.87 bits per heavy atom. The molecule has 0 saturated carbocycles. The minimum absolute atomic E-state index is 0.368. The van der Waals surface area contributed by atoms with Crippen LogP contribution in [-0.2, 0) is 6.42 Å². The van der Waals surface area contributed by atoms with E-state index in [2.05, 4.69) is 17.1 Å². The van der Waals surface area contributed by atoms with Crippen molar-refractivity contribution in [1.82, 2.24) is 4.98 Å². The number of pyridine rings is 1. The highest BCUT2D eigenvalue weighted by Gasteiger charge is 2.20. The summed E-state index contributed by atoms with van der Waals surface area (Å²) in [5.74, 6) is 1.27. The number of aryl methyl sites for hydroxylation is 1. The summed E-state index contributed by atoms with van der Waals surface area (Å²) in [6.07, 6.45) is 5.92. The molecule has 0 spiro atoms. The highest BCUT2D eigenvalue weighted by atomic mass is 16.5. The molecule has 3 rings (SSSR count). The number of carbonyl (C=O) groups excluding carboxylic acids is 1. The predicted octanol–water partition coefficient (Wildman–Crippen LogP) is 2.74. The lowest BCUT2D eigenvalue weighted by Crippen LogP contribution is -2.13. The SMILES string of the molecule is NCCC1CCCc2cc(Oc3ccc(C(N)=O)cn3)ccc21. The van der Waals surface area contributed by atoms with Crippen molar-refractivity contribution in [2.75, 3.05) is 6.54 Å². The normalized spacial score (nSPS) is 16.7. The van der Waals surface area contributed by atoms with Crippen LogP contribution in [0.4, 0.5) is 0 Å². The summed E-state index contributed by atoms with van der Waals surface area (Å²) in [7, 11) is 0. The van der Waals surface area contributed by atoms with E-state index < -0.39 is 5.91 Å². The van der Waals surface area contributed by atoms with Crippen LogP contribution in [0.1, 0.15) is 46.7 Å². The Morgan fingerprint density at radius 1 is 1.30 bits per heavy atom. The van der Waals surface area contributed by atoms with Crippen molar-refractivity contribution in [3.05, 3.63) is 53.2 Å². The number of nitrogens with zero attached hydrogens (tertiary/aromatic N) is 1. The van der Waals surface area contributed by atoms with Crippen LogP contribution in [0.2, 0.25) is 0 Å². The van der Waals surface area contributed by atoms with Gasteiger partial charge in [0.2, 0.25) is 11.8 Å². The van der Waals surface area contributed by atoms with Crippen molar-refractivity contribution >= 4 is 5.91 Å². The second kappa shape index (κ2) is 6.79. The molecule has 0 aliphatic heterocycles. The zero-order valence-electron chi connectivity index (χ0n) is 13.0. The molecule has 1 amide bonds. The summed E-state index contributed by atoms with van der Waals surface area (Å²) in [6, 6.07) is 9.46. The summed E-state index contributed by atoms with van der Waals surface area (Å²) in [5.41, 5.74) is 14.0.